The van der Waals surface area contributed by atoms with E-state index in [1.807, 2.05) is 6.07 Å². The minimum absolute atomic E-state index is 0.0512. The van der Waals surface area contributed by atoms with Gasteiger partial charge in [-0.05, 0) is 18.9 Å². The molecule has 3 nitrogen and oxygen atoms in total. The highest BCUT2D eigenvalue weighted by molar-refractivity contribution is 6.28. The SMILES string of the molecule is O=C1c2ccccc2C(=O)c2cc(C3CCCCC3)ncc21. The van der Waals surface area contributed by atoms with Crippen molar-refractivity contribution in [1.29, 1.82) is 0 Å². The Kier molecular flexibility index (Phi) is 3.14. The second kappa shape index (κ2) is 5.16. The molecule has 2 aliphatic carbocycles. The van der Waals surface area contributed by atoms with Crippen LogP contribution in [0.4, 0.5) is 0 Å². The van der Waals surface area contributed by atoms with Crippen molar-refractivity contribution in [3.63, 3.8) is 0 Å². The third kappa shape index (κ3) is 2.00. The molecular formula is C19H17NO2. The summed E-state index contributed by atoms with van der Waals surface area (Å²) in [5.41, 5.74) is 2.95. The molecule has 0 N–H and O–H groups in total. The molecule has 0 radical (unpaired) electrons. The highest BCUT2D eigenvalue weighted by Gasteiger charge is 2.30. The third-order valence-corrected chi connectivity index (χ3v) is 4.85. The van der Waals surface area contributed by atoms with Gasteiger partial charge in [0.05, 0.1) is 5.56 Å². The van der Waals surface area contributed by atoms with Gasteiger partial charge in [-0.1, -0.05) is 43.5 Å². The average Bonchev–Trinajstić information content (AvgIpc) is 2.60. The van der Waals surface area contributed by atoms with Crippen molar-refractivity contribution in [3.05, 3.63) is 64.5 Å². The Morgan fingerprint density at radius 2 is 1.45 bits per heavy atom. The third-order valence-electron chi connectivity index (χ3n) is 4.85. The van der Waals surface area contributed by atoms with Gasteiger partial charge >= 0.3 is 0 Å². The molecule has 0 saturated heterocycles. The molecule has 0 atom stereocenters. The zero-order valence-electron chi connectivity index (χ0n) is 12.3. The summed E-state index contributed by atoms with van der Waals surface area (Å²) in [6.07, 6.45) is 7.59. The Bertz CT molecular complexity index is 773. The Balaban J connectivity index is 1.80. The van der Waals surface area contributed by atoms with Crippen LogP contribution in [0, 0.1) is 0 Å². The van der Waals surface area contributed by atoms with E-state index >= 15 is 0 Å². The van der Waals surface area contributed by atoms with Gasteiger partial charge in [0.25, 0.3) is 0 Å². The number of carbonyl (C=O) groups excluding carboxylic acids is 2. The van der Waals surface area contributed by atoms with Crippen molar-refractivity contribution in [3.8, 4) is 0 Å². The highest BCUT2D eigenvalue weighted by atomic mass is 16.1. The van der Waals surface area contributed by atoms with Gasteiger partial charge in [-0.15, -0.1) is 0 Å². The molecule has 4 rings (SSSR count). The van der Waals surface area contributed by atoms with E-state index in [-0.39, 0.29) is 11.6 Å². The van der Waals surface area contributed by atoms with Crippen molar-refractivity contribution in [2.45, 2.75) is 38.0 Å². The first-order valence-electron chi connectivity index (χ1n) is 7.94. The van der Waals surface area contributed by atoms with E-state index < -0.39 is 0 Å². The maximum Gasteiger partial charge on any atom is 0.196 e. The smallest absolute Gasteiger partial charge is 0.196 e. The molecule has 1 saturated carbocycles. The van der Waals surface area contributed by atoms with E-state index in [1.165, 1.54) is 19.3 Å². The Morgan fingerprint density at radius 3 is 2.14 bits per heavy atom. The molecule has 1 aromatic carbocycles. The van der Waals surface area contributed by atoms with E-state index in [4.69, 9.17) is 0 Å². The van der Waals surface area contributed by atoms with Crippen LogP contribution in [-0.4, -0.2) is 16.6 Å². The van der Waals surface area contributed by atoms with E-state index in [9.17, 15) is 9.59 Å². The monoisotopic (exact) mass is 291 g/mol. The van der Waals surface area contributed by atoms with Crippen LogP contribution in [0.5, 0.6) is 0 Å². The van der Waals surface area contributed by atoms with Crippen LogP contribution in [0.15, 0.2) is 36.5 Å². The maximum atomic E-state index is 12.7. The number of aromatic nitrogens is 1. The first-order valence-corrected chi connectivity index (χ1v) is 7.94. The molecule has 2 aromatic rings. The molecule has 3 heteroatoms. The molecule has 22 heavy (non-hydrogen) atoms. The second-order valence-corrected chi connectivity index (χ2v) is 6.19. The minimum Gasteiger partial charge on any atom is -0.289 e. The van der Waals surface area contributed by atoms with Gasteiger partial charge in [-0.3, -0.25) is 14.6 Å². The number of hydrogen-bond acceptors (Lipinski definition) is 3. The zero-order chi connectivity index (χ0) is 15.1. The van der Waals surface area contributed by atoms with Gasteiger partial charge in [0.1, 0.15) is 0 Å². The number of ketones is 2. The molecule has 0 amide bonds. The maximum absolute atomic E-state index is 12.7. The Morgan fingerprint density at radius 1 is 0.818 bits per heavy atom. The zero-order valence-corrected chi connectivity index (χ0v) is 12.3. The second-order valence-electron chi connectivity index (χ2n) is 6.19. The van der Waals surface area contributed by atoms with Gasteiger partial charge in [0, 0.05) is 34.5 Å². The number of rotatable bonds is 1. The first kappa shape index (κ1) is 13.4. The average molecular weight is 291 g/mol. The molecule has 0 spiro atoms. The Labute approximate surface area is 129 Å². The van der Waals surface area contributed by atoms with Crippen LogP contribution in [0.1, 0.15) is 75.6 Å². The fourth-order valence-corrected chi connectivity index (χ4v) is 3.63. The predicted molar refractivity (Wildman–Crippen MR) is 83.4 cm³/mol. The topological polar surface area (TPSA) is 47.0 Å². The van der Waals surface area contributed by atoms with Crippen molar-refractivity contribution >= 4 is 11.6 Å². The van der Waals surface area contributed by atoms with Gasteiger partial charge < -0.3 is 0 Å². The predicted octanol–water partition coefficient (Wildman–Crippen LogP) is 3.90. The Hall–Kier alpha value is -2.29. The van der Waals surface area contributed by atoms with Crippen LogP contribution in [-0.2, 0) is 0 Å². The van der Waals surface area contributed by atoms with Crippen LogP contribution < -0.4 is 0 Å². The molecule has 0 bridgehead atoms. The molecule has 1 fully saturated rings. The lowest BCUT2D eigenvalue weighted by Crippen LogP contribution is -2.22. The lowest BCUT2D eigenvalue weighted by Gasteiger charge is -2.23. The van der Waals surface area contributed by atoms with Gasteiger partial charge in [0.15, 0.2) is 11.6 Å². The molecule has 0 unspecified atom stereocenters. The normalized spacial score (nSPS) is 18.0. The lowest BCUT2D eigenvalue weighted by molar-refractivity contribution is 0.0978. The van der Waals surface area contributed by atoms with Crippen LogP contribution in [0.3, 0.4) is 0 Å². The molecule has 110 valence electrons. The summed E-state index contributed by atoms with van der Waals surface area (Å²) in [4.78, 5) is 29.8. The van der Waals surface area contributed by atoms with Gasteiger partial charge in [-0.25, -0.2) is 0 Å². The van der Waals surface area contributed by atoms with E-state index in [1.54, 1.807) is 30.5 Å². The van der Waals surface area contributed by atoms with Crippen molar-refractivity contribution in [2.75, 3.05) is 0 Å². The van der Waals surface area contributed by atoms with Crippen molar-refractivity contribution in [1.82, 2.24) is 4.98 Å². The summed E-state index contributed by atoms with van der Waals surface area (Å²) in [5, 5.41) is 0. The summed E-state index contributed by atoms with van der Waals surface area (Å²) < 4.78 is 0. The molecule has 2 aliphatic rings. The fraction of sp³-hybridized carbons (Fsp3) is 0.316. The van der Waals surface area contributed by atoms with E-state index in [2.05, 4.69) is 4.98 Å². The number of benzene rings is 1. The number of hydrogen-bond donors (Lipinski definition) is 0. The summed E-state index contributed by atoms with van der Waals surface area (Å²) in [6, 6.07) is 8.91. The standard InChI is InChI=1S/C19H17NO2/c21-18-13-8-4-5-9-14(13)19(22)16-11-20-17(10-15(16)18)12-6-2-1-3-7-12/h4-5,8-12H,1-3,6-7H2. The van der Waals surface area contributed by atoms with Gasteiger partial charge in [0.2, 0.25) is 0 Å². The van der Waals surface area contributed by atoms with Crippen LogP contribution in [0.2, 0.25) is 0 Å². The van der Waals surface area contributed by atoms with Crippen LogP contribution in [0.25, 0.3) is 0 Å². The lowest BCUT2D eigenvalue weighted by atomic mass is 9.82. The largest absolute Gasteiger partial charge is 0.289 e. The van der Waals surface area contributed by atoms with Crippen LogP contribution >= 0.6 is 0 Å². The molecule has 1 aromatic heterocycles. The molecular weight excluding hydrogens is 274 g/mol. The highest BCUT2D eigenvalue weighted by Crippen LogP contribution is 2.34. The summed E-state index contributed by atoms with van der Waals surface area (Å²) >= 11 is 0. The summed E-state index contributed by atoms with van der Waals surface area (Å²) in [5.74, 6) is 0.289. The number of carbonyl (C=O) groups is 2. The molecule has 1 heterocycles. The summed E-state index contributed by atoms with van der Waals surface area (Å²) in [7, 11) is 0. The van der Waals surface area contributed by atoms with Crippen molar-refractivity contribution < 1.29 is 9.59 Å². The summed E-state index contributed by atoms with van der Waals surface area (Å²) in [6.45, 7) is 0. The van der Waals surface area contributed by atoms with Gasteiger partial charge in [-0.2, -0.15) is 0 Å². The first-order chi connectivity index (χ1) is 10.8. The number of nitrogens with zero attached hydrogens (tertiary/aromatic N) is 1. The molecule has 0 aliphatic heterocycles. The van der Waals surface area contributed by atoms with E-state index in [0.29, 0.717) is 28.2 Å². The number of pyridine rings is 1. The van der Waals surface area contributed by atoms with E-state index in [0.717, 1.165) is 18.5 Å². The fourth-order valence-electron chi connectivity index (χ4n) is 3.63. The number of fused-ring (bicyclic) bond motifs is 2. The van der Waals surface area contributed by atoms with Crippen molar-refractivity contribution in [2.24, 2.45) is 0 Å². The minimum atomic E-state index is -0.0899. The quantitative estimate of drug-likeness (QED) is 0.683.